The van der Waals surface area contributed by atoms with E-state index in [2.05, 4.69) is 16.9 Å². The van der Waals surface area contributed by atoms with Crippen molar-refractivity contribution in [3.8, 4) is 17.1 Å². The number of unbranched alkanes of at least 4 members (excludes halogenated alkanes) is 6. The molecule has 3 nitrogen and oxygen atoms in total. The van der Waals surface area contributed by atoms with E-state index in [-0.39, 0.29) is 19.4 Å². The summed E-state index contributed by atoms with van der Waals surface area (Å²) in [7, 11) is 0. The van der Waals surface area contributed by atoms with Crippen molar-refractivity contribution in [1.29, 1.82) is 0 Å². The Morgan fingerprint density at radius 3 is 2.09 bits per heavy atom. The molecule has 0 saturated carbocycles. The second-order valence-corrected chi connectivity index (χ2v) is 8.67. The van der Waals surface area contributed by atoms with E-state index >= 15 is 0 Å². The Balaban J connectivity index is 1.70. The topological polar surface area (TPSA) is 35.0 Å². The van der Waals surface area contributed by atoms with Gasteiger partial charge < -0.3 is 4.74 Å². The monoisotopic (exact) mass is 446 g/mol. The highest BCUT2D eigenvalue weighted by atomic mass is 19.1. The molecule has 5 heteroatoms. The van der Waals surface area contributed by atoms with Crippen molar-refractivity contribution in [2.75, 3.05) is 6.61 Å². The van der Waals surface area contributed by atoms with Crippen LogP contribution in [0.4, 0.5) is 8.78 Å². The molecule has 0 radical (unpaired) electrons. The molecule has 0 aliphatic rings. The first kappa shape index (κ1) is 26.2. The summed E-state index contributed by atoms with van der Waals surface area (Å²) in [4.78, 5) is 9.01. The molecule has 2 rings (SSSR count). The minimum Gasteiger partial charge on any atom is -0.493 e. The van der Waals surface area contributed by atoms with Crippen LogP contribution in [-0.2, 0) is 6.42 Å². The van der Waals surface area contributed by atoms with Crippen LogP contribution in [0, 0.1) is 0 Å². The third kappa shape index (κ3) is 10.5. The quantitative estimate of drug-likeness (QED) is 0.230. The van der Waals surface area contributed by atoms with Gasteiger partial charge in [-0.25, -0.2) is 18.7 Å². The molecule has 32 heavy (non-hydrogen) atoms. The molecule has 2 atom stereocenters. The Hall–Kier alpha value is -2.04. The highest BCUT2D eigenvalue weighted by Gasteiger charge is 2.15. The van der Waals surface area contributed by atoms with Gasteiger partial charge >= 0.3 is 0 Å². The van der Waals surface area contributed by atoms with E-state index in [0.29, 0.717) is 18.0 Å². The van der Waals surface area contributed by atoms with Gasteiger partial charge in [0.25, 0.3) is 0 Å². The summed E-state index contributed by atoms with van der Waals surface area (Å²) >= 11 is 0. The maximum Gasteiger partial charge on any atom is 0.159 e. The number of alkyl halides is 2. The molecule has 0 amide bonds. The first-order valence-corrected chi connectivity index (χ1v) is 12.4. The minimum absolute atomic E-state index is 0.0332. The fourth-order valence-electron chi connectivity index (χ4n) is 3.69. The second kappa shape index (κ2) is 15.7. The van der Waals surface area contributed by atoms with E-state index in [0.717, 1.165) is 24.8 Å². The van der Waals surface area contributed by atoms with Gasteiger partial charge in [-0.1, -0.05) is 58.8 Å². The Morgan fingerprint density at radius 2 is 1.41 bits per heavy atom. The number of halogens is 2. The largest absolute Gasteiger partial charge is 0.493 e. The van der Waals surface area contributed by atoms with Crippen molar-refractivity contribution in [3.63, 3.8) is 0 Å². The van der Waals surface area contributed by atoms with E-state index in [1.165, 1.54) is 44.1 Å². The molecule has 2 unspecified atom stereocenters. The number of hydrogen-bond acceptors (Lipinski definition) is 3. The standard InChI is InChI=1S/C27H40F2N2O/c1-3-5-7-8-9-10-11-22-20-30-27(31-21-22)23-13-15-26(16-14-23)32-18-17-25(29)19-24(28)12-6-4-2/h13-16,20-21,24-25H,3-12,17-19H2,1-2H3. The Bertz CT molecular complexity index is 721. The summed E-state index contributed by atoms with van der Waals surface area (Å²) in [6.45, 7) is 4.49. The van der Waals surface area contributed by atoms with Crippen molar-refractivity contribution < 1.29 is 13.5 Å². The molecule has 0 saturated heterocycles. The van der Waals surface area contributed by atoms with E-state index in [4.69, 9.17) is 4.74 Å². The summed E-state index contributed by atoms with van der Waals surface area (Å²) in [5.74, 6) is 1.36. The second-order valence-electron chi connectivity index (χ2n) is 8.67. The molecule has 0 aliphatic carbocycles. The first-order chi connectivity index (χ1) is 15.6. The molecule has 0 fully saturated rings. The van der Waals surface area contributed by atoms with E-state index in [1.807, 2.05) is 43.6 Å². The third-order valence-corrected chi connectivity index (χ3v) is 5.72. The van der Waals surface area contributed by atoms with Crippen LogP contribution < -0.4 is 4.74 Å². The van der Waals surface area contributed by atoms with Gasteiger partial charge in [-0.3, -0.25) is 0 Å². The SMILES string of the molecule is CCCCCCCCc1cnc(-c2ccc(OCCC(F)CC(F)CCCC)cc2)nc1. The smallest absolute Gasteiger partial charge is 0.159 e. The average molecular weight is 447 g/mol. The van der Waals surface area contributed by atoms with E-state index < -0.39 is 12.3 Å². The summed E-state index contributed by atoms with van der Waals surface area (Å²) in [6, 6.07) is 7.51. The lowest BCUT2D eigenvalue weighted by atomic mass is 10.1. The van der Waals surface area contributed by atoms with Crippen LogP contribution in [0.1, 0.15) is 90.0 Å². The highest BCUT2D eigenvalue weighted by Crippen LogP contribution is 2.21. The van der Waals surface area contributed by atoms with Gasteiger partial charge in [-0.15, -0.1) is 0 Å². The van der Waals surface area contributed by atoms with Crippen LogP contribution in [0.2, 0.25) is 0 Å². The van der Waals surface area contributed by atoms with Crippen molar-refractivity contribution in [1.82, 2.24) is 9.97 Å². The Morgan fingerprint density at radius 1 is 0.781 bits per heavy atom. The molecule has 1 aromatic heterocycles. The Kier molecular flexibility index (Phi) is 12.9. The van der Waals surface area contributed by atoms with Gasteiger partial charge in [-0.05, 0) is 49.1 Å². The molecular formula is C27H40F2N2O. The van der Waals surface area contributed by atoms with Crippen molar-refractivity contribution in [2.45, 2.75) is 103 Å². The van der Waals surface area contributed by atoms with Gasteiger partial charge in [0.05, 0.1) is 6.61 Å². The van der Waals surface area contributed by atoms with Crippen LogP contribution in [0.5, 0.6) is 5.75 Å². The van der Waals surface area contributed by atoms with Crippen LogP contribution in [0.25, 0.3) is 11.4 Å². The molecule has 1 aromatic carbocycles. The fourth-order valence-corrected chi connectivity index (χ4v) is 3.69. The number of aryl methyl sites for hydroxylation is 1. The van der Waals surface area contributed by atoms with E-state index in [9.17, 15) is 8.78 Å². The number of rotatable bonds is 17. The zero-order valence-corrected chi connectivity index (χ0v) is 19.9. The van der Waals surface area contributed by atoms with E-state index in [1.54, 1.807) is 0 Å². The van der Waals surface area contributed by atoms with Crippen molar-refractivity contribution >= 4 is 0 Å². The van der Waals surface area contributed by atoms with Crippen LogP contribution in [0.3, 0.4) is 0 Å². The lowest BCUT2D eigenvalue weighted by molar-refractivity contribution is 0.175. The molecule has 178 valence electrons. The van der Waals surface area contributed by atoms with Crippen LogP contribution in [-0.4, -0.2) is 28.9 Å². The summed E-state index contributed by atoms with van der Waals surface area (Å²) in [5.41, 5.74) is 2.10. The molecule has 1 heterocycles. The third-order valence-electron chi connectivity index (χ3n) is 5.72. The number of hydrogen-bond donors (Lipinski definition) is 0. The Labute approximate surface area is 193 Å². The van der Waals surface area contributed by atoms with Gasteiger partial charge in [0.2, 0.25) is 0 Å². The molecule has 0 N–H and O–H groups in total. The molecule has 2 aromatic rings. The van der Waals surface area contributed by atoms with Gasteiger partial charge in [-0.2, -0.15) is 0 Å². The average Bonchev–Trinajstić information content (AvgIpc) is 2.81. The zero-order valence-electron chi connectivity index (χ0n) is 19.9. The normalized spacial score (nSPS) is 13.1. The van der Waals surface area contributed by atoms with Crippen LogP contribution in [0.15, 0.2) is 36.7 Å². The predicted octanol–water partition coefficient (Wildman–Crippen LogP) is 8.07. The van der Waals surface area contributed by atoms with Crippen LogP contribution >= 0.6 is 0 Å². The van der Waals surface area contributed by atoms with Crippen molar-refractivity contribution in [2.24, 2.45) is 0 Å². The van der Waals surface area contributed by atoms with Gasteiger partial charge in [0.15, 0.2) is 5.82 Å². The summed E-state index contributed by atoms with van der Waals surface area (Å²) < 4.78 is 33.2. The molecular weight excluding hydrogens is 406 g/mol. The number of aromatic nitrogens is 2. The maximum absolute atomic E-state index is 13.9. The number of benzene rings is 1. The molecule has 0 aliphatic heterocycles. The van der Waals surface area contributed by atoms with Crippen molar-refractivity contribution in [3.05, 3.63) is 42.2 Å². The van der Waals surface area contributed by atoms with Gasteiger partial charge in [0, 0.05) is 30.8 Å². The minimum atomic E-state index is -1.16. The maximum atomic E-state index is 13.9. The summed E-state index contributed by atoms with van der Waals surface area (Å²) in [6.07, 6.45) is 12.7. The lowest BCUT2D eigenvalue weighted by Gasteiger charge is -2.13. The first-order valence-electron chi connectivity index (χ1n) is 12.4. The number of nitrogens with zero attached hydrogens (tertiary/aromatic N) is 2. The number of ether oxygens (including phenoxy) is 1. The molecule has 0 bridgehead atoms. The fraction of sp³-hybridized carbons (Fsp3) is 0.630. The van der Waals surface area contributed by atoms with Gasteiger partial charge in [0.1, 0.15) is 18.1 Å². The lowest BCUT2D eigenvalue weighted by Crippen LogP contribution is -2.13. The highest BCUT2D eigenvalue weighted by molar-refractivity contribution is 5.55. The predicted molar refractivity (Wildman–Crippen MR) is 129 cm³/mol. The molecule has 0 spiro atoms. The summed E-state index contributed by atoms with van der Waals surface area (Å²) in [5, 5.41) is 0. The zero-order chi connectivity index (χ0) is 23.0.